The molecule has 2 rings (SSSR count). The van der Waals surface area contributed by atoms with Gasteiger partial charge in [-0.1, -0.05) is 0 Å². The third-order valence-corrected chi connectivity index (χ3v) is 3.46. The SMILES string of the molecule is [B]N1CCC(c2cnc(N)s2)CC1. The average molecular weight is 193 g/mol. The molecule has 0 atom stereocenters. The average Bonchev–Trinajstić information content (AvgIpc) is 2.53. The van der Waals surface area contributed by atoms with E-state index in [1.807, 2.05) is 11.0 Å². The Bertz CT molecular complexity index is 281. The van der Waals surface area contributed by atoms with Gasteiger partial charge in [-0.05, 0) is 31.8 Å². The van der Waals surface area contributed by atoms with Crippen LogP contribution < -0.4 is 5.73 Å². The Labute approximate surface area is 83.4 Å². The van der Waals surface area contributed by atoms with Crippen molar-refractivity contribution in [1.82, 2.24) is 9.79 Å². The van der Waals surface area contributed by atoms with Gasteiger partial charge in [-0.3, -0.25) is 0 Å². The molecule has 2 radical (unpaired) electrons. The van der Waals surface area contributed by atoms with Gasteiger partial charge in [-0.15, -0.1) is 11.3 Å². The van der Waals surface area contributed by atoms with E-state index in [9.17, 15) is 0 Å². The van der Waals surface area contributed by atoms with Crippen molar-refractivity contribution in [2.24, 2.45) is 0 Å². The lowest BCUT2D eigenvalue weighted by atomic mass is 9.94. The summed E-state index contributed by atoms with van der Waals surface area (Å²) in [6.45, 7) is 1.95. The van der Waals surface area contributed by atoms with E-state index in [2.05, 4.69) is 4.98 Å². The van der Waals surface area contributed by atoms with Gasteiger partial charge in [0.1, 0.15) is 0 Å². The van der Waals surface area contributed by atoms with E-state index < -0.39 is 0 Å². The Morgan fingerprint density at radius 2 is 2.23 bits per heavy atom. The summed E-state index contributed by atoms with van der Waals surface area (Å²) in [7, 11) is 5.68. The Kier molecular flexibility index (Phi) is 2.55. The summed E-state index contributed by atoms with van der Waals surface area (Å²) in [5, 5.41) is 0.671. The molecular weight excluding hydrogens is 181 g/mol. The van der Waals surface area contributed by atoms with Crippen molar-refractivity contribution in [1.29, 1.82) is 0 Å². The Morgan fingerprint density at radius 3 is 2.77 bits per heavy atom. The summed E-state index contributed by atoms with van der Waals surface area (Å²) in [4.78, 5) is 7.25. The van der Waals surface area contributed by atoms with Crippen molar-refractivity contribution < 1.29 is 0 Å². The first-order chi connectivity index (χ1) is 6.25. The minimum atomic E-state index is 0.620. The highest BCUT2D eigenvalue weighted by Gasteiger charge is 2.19. The molecule has 0 aromatic carbocycles. The fraction of sp³-hybridized carbons (Fsp3) is 0.625. The van der Waals surface area contributed by atoms with Crippen molar-refractivity contribution in [3.05, 3.63) is 11.1 Å². The van der Waals surface area contributed by atoms with Crippen molar-refractivity contribution in [2.75, 3.05) is 18.8 Å². The van der Waals surface area contributed by atoms with Crippen LogP contribution in [0.25, 0.3) is 0 Å². The van der Waals surface area contributed by atoms with Gasteiger partial charge >= 0.3 is 0 Å². The maximum Gasteiger partial charge on any atom is 0.182 e. The predicted molar refractivity (Wildman–Crippen MR) is 55.8 cm³/mol. The third kappa shape index (κ3) is 2.03. The fourth-order valence-corrected chi connectivity index (χ4v) is 2.53. The first-order valence-electron chi connectivity index (χ1n) is 4.46. The molecule has 5 heteroatoms. The quantitative estimate of drug-likeness (QED) is 0.676. The van der Waals surface area contributed by atoms with Crippen LogP contribution in [-0.4, -0.2) is 30.9 Å². The maximum absolute atomic E-state index is 5.68. The van der Waals surface area contributed by atoms with Crippen LogP contribution in [0.1, 0.15) is 23.6 Å². The molecule has 2 N–H and O–H groups in total. The maximum atomic E-state index is 5.68. The molecule has 13 heavy (non-hydrogen) atoms. The van der Waals surface area contributed by atoms with E-state index in [0.717, 1.165) is 25.9 Å². The van der Waals surface area contributed by atoms with Gasteiger partial charge in [-0.25, -0.2) is 4.98 Å². The first kappa shape index (κ1) is 9.03. The minimum absolute atomic E-state index is 0.620. The number of piperidine rings is 1. The van der Waals surface area contributed by atoms with Gasteiger partial charge in [0.25, 0.3) is 0 Å². The van der Waals surface area contributed by atoms with Gasteiger partial charge in [0.15, 0.2) is 13.1 Å². The van der Waals surface area contributed by atoms with E-state index >= 15 is 0 Å². The molecule has 1 saturated heterocycles. The van der Waals surface area contributed by atoms with Crippen LogP contribution in [0.2, 0.25) is 0 Å². The molecule has 1 aliphatic heterocycles. The Balaban J connectivity index is 2.02. The Hall–Kier alpha value is -0.545. The molecule has 0 spiro atoms. The zero-order chi connectivity index (χ0) is 9.26. The van der Waals surface area contributed by atoms with Crippen LogP contribution in [0.15, 0.2) is 6.20 Å². The van der Waals surface area contributed by atoms with Crippen molar-refractivity contribution in [3.8, 4) is 0 Å². The van der Waals surface area contributed by atoms with Crippen molar-refractivity contribution in [2.45, 2.75) is 18.8 Å². The van der Waals surface area contributed by atoms with E-state index in [0.29, 0.717) is 11.0 Å². The van der Waals surface area contributed by atoms with Gasteiger partial charge in [0, 0.05) is 11.1 Å². The number of aromatic nitrogens is 1. The molecule has 2 heterocycles. The van der Waals surface area contributed by atoms with Gasteiger partial charge in [-0.2, -0.15) is 0 Å². The molecule has 68 valence electrons. The van der Waals surface area contributed by atoms with E-state index in [4.69, 9.17) is 13.7 Å². The highest BCUT2D eigenvalue weighted by Crippen LogP contribution is 2.31. The Morgan fingerprint density at radius 1 is 1.54 bits per heavy atom. The molecule has 1 aromatic heterocycles. The standard InChI is InChI=1S/C8H12BN3S/c9-12-3-1-6(2-4-12)7-5-11-8(10)13-7/h5-6H,1-4H2,(H2,10,11). The van der Waals surface area contributed by atoms with E-state index in [1.165, 1.54) is 4.88 Å². The van der Waals surface area contributed by atoms with Crippen molar-refractivity contribution >= 4 is 24.4 Å². The number of nitrogens with zero attached hydrogens (tertiary/aromatic N) is 2. The monoisotopic (exact) mass is 193 g/mol. The summed E-state index contributed by atoms with van der Waals surface area (Å²) in [5.74, 6) is 0.620. The minimum Gasteiger partial charge on any atom is -0.375 e. The molecule has 1 fully saturated rings. The van der Waals surface area contributed by atoms with Gasteiger partial charge in [0.05, 0.1) is 0 Å². The molecule has 1 aliphatic rings. The third-order valence-electron chi connectivity index (χ3n) is 2.47. The van der Waals surface area contributed by atoms with Crippen LogP contribution in [0, 0.1) is 0 Å². The highest BCUT2D eigenvalue weighted by atomic mass is 32.1. The van der Waals surface area contributed by atoms with Crippen LogP contribution >= 0.6 is 11.3 Å². The first-order valence-corrected chi connectivity index (χ1v) is 5.28. The number of nitrogen functional groups attached to an aromatic ring is 1. The second-order valence-corrected chi connectivity index (χ2v) is 4.50. The fourth-order valence-electron chi connectivity index (χ4n) is 1.67. The highest BCUT2D eigenvalue weighted by molar-refractivity contribution is 7.15. The summed E-state index contributed by atoms with van der Waals surface area (Å²) in [6.07, 6.45) is 4.15. The normalized spacial score (nSPS) is 20.6. The number of thiazole rings is 1. The van der Waals surface area contributed by atoms with E-state index in [-0.39, 0.29) is 0 Å². The number of hydrogen-bond donors (Lipinski definition) is 1. The number of nitrogens with two attached hydrogens (primary N) is 1. The summed E-state index contributed by atoms with van der Waals surface area (Å²) < 4.78 is 0. The smallest absolute Gasteiger partial charge is 0.182 e. The molecule has 0 saturated carbocycles. The van der Waals surface area contributed by atoms with Gasteiger partial charge in [0.2, 0.25) is 0 Å². The number of anilines is 1. The molecular formula is C8H12BN3S. The second kappa shape index (κ2) is 3.68. The topological polar surface area (TPSA) is 42.2 Å². The van der Waals surface area contributed by atoms with Crippen LogP contribution in [0.5, 0.6) is 0 Å². The zero-order valence-corrected chi connectivity index (χ0v) is 8.26. The van der Waals surface area contributed by atoms with Crippen LogP contribution in [0.3, 0.4) is 0 Å². The summed E-state index contributed by atoms with van der Waals surface area (Å²) in [6, 6.07) is 0. The molecule has 0 aliphatic carbocycles. The van der Waals surface area contributed by atoms with Crippen molar-refractivity contribution in [3.63, 3.8) is 0 Å². The second-order valence-electron chi connectivity index (χ2n) is 3.41. The lowest BCUT2D eigenvalue weighted by molar-refractivity contribution is 0.337. The molecule has 3 nitrogen and oxygen atoms in total. The molecule has 0 amide bonds. The molecule has 0 bridgehead atoms. The van der Waals surface area contributed by atoms with Crippen LogP contribution in [0.4, 0.5) is 5.13 Å². The number of hydrogen-bond acceptors (Lipinski definition) is 4. The zero-order valence-electron chi connectivity index (χ0n) is 7.44. The van der Waals surface area contributed by atoms with E-state index in [1.54, 1.807) is 11.3 Å². The predicted octanol–water partition coefficient (Wildman–Crippen LogP) is 0.988. The lowest BCUT2D eigenvalue weighted by Crippen LogP contribution is -2.30. The van der Waals surface area contributed by atoms with Gasteiger partial charge < -0.3 is 10.5 Å². The molecule has 1 aromatic rings. The largest absolute Gasteiger partial charge is 0.375 e. The summed E-state index contributed by atoms with van der Waals surface area (Å²) >= 11 is 1.60. The number of rotatable bonds is 1. The summed E-state index contributed by atoms with van der Waals surface area (Å²) in [5.41, 5.74) is 5.58. The lowest BCUT2D eigenvalue weighted by Gasteiger charge is -2.28. The van der Waals surface area contributed by atoms with Crippen LogP contribution in [-0.2, 0) is 0 Å². The molecule has 0 unspecified atom stereocenters.